The zero-order valence-electron chi connectivity index (χ0n) is 11.8. The number of amides is 1. The van der Waals surface area contributed by atoms with E-state index in [9.17, 15) is 4.79 Å². The van der Waals surface area contributed by atoms with Gasteiger partial charge in [0, 0.05) is 22.8 Å². The molecule has 2 rings (SSSR count). The fourth-order valence-corrected chi connectivity index (χ4v) is 2.31. The molecule has 0 saturated carbocycles. The highest BCUT2D eigenvalue weighted by Gasteiger charge is 2.10. The minimum Gasteiger partial charge on any atom is -0.385 e. The van der Waals surface area contributed by atoms with E-state index < -0.39 is 0 Å². The molecule has 0 unspecified atom stereocenters. The Kier molecular flexibility index (Phi) is 5.10. The molecule has 0 saturated heterocycles. The van der Waals surface area contributed by atoms with Gasteiger partial charge in [0.1, 0.15) is 0 Å². The van der Waals surface area contributed by atoms with Crippen LogP contribution in [0.4, 0.5) is 11.4 Å². The first-order chi connectivity index (χ1) is 10.0. The lowest BCUT2D eigenvalue weighted by Crippen LogP contribution is -2.12. The zero-order valence-corrected chi connectivity index (χ0v) is 13.3. The molecular formula is C16H16Cl2N2O. The first kappa shape index (κ1) is 15.7. The normalized spacial score (nSPS) is 10.3. The Labute approximate surface area is 134 Å². The molecular weight excluding hydrogens is 307 g/mol. The molecule has 0 heterocycles. The number of hydrogen-bond acceptors (Lipinski definition) is 2. The number of anilines is 2. The summed E-state index contributed by atoms with van der Waals surface area (Å²) in [5.41, 5.74) is 2.91. The van der Waals surface area contributed by atoms with Crippen LogP contribution in [-0.4, -0.2) is 12.5 Å². The van der Waals surface area contributed by atoms with E-state index in [1.807, 2.05) is 26.0 Å². The molecule has 110 valence electrons. The van der Waals surface area contributed by atoms with Crippen molar-refractivity contribution in [3.63, 3.8) is 0 Å². The van der Waals surface area contributed by atoms with Gasteiger partial charge in [0.25, 0.3) is 5.91 Å². The average Bonchev–Trinajstić information content (AvgIpc) is 2.46. The van der Waals surface area contributed by atoms with Crippen molar-refractivity contribution in [3.05, 3.63) is 57.6 Å². The number of rotatable bonds is 4. The minimum absolute atomic E-state index is 0.222. The third kappa shape index (κ3) is 3.90. The molecule has 0 bridgehead atoms. The summed E-state index contributed by atoms with van der Waals surface area (Å²) < 4.78 is 0. The van der Waals surface area contributed by atoms with Gasteiger partial charge in [-0.05, 0) is 55.8 Å². The summed E-state index contributed by atoms with van der Waals surface area (Å²) in [6, 6.07) is 10.6. The highest BCUT2D eigenvalue weighted by Crippen LogP contribution is 2.29. The maximum atomic E-state index is 12.2. The van der Waals surface area contributed by atoms with E-state index in [0.717, 1.165) is 17.8 Å². The average molecular weight is 323 g/mol. The quantitative estimate of drug-likeness (QED) is 0.832. The summed E-state index contributed by atoms with van der Waals surface area (Å²) >= 11 is 12.2. The minimum atomic E-state index is -0.222. The van der Waals surface area contributed by atoms with Crippen LogP contribution in [0.1, 0.15) is 22.8 Å². The first-order valence-corrected chi connectivity index (χ1v) is 7.37. The Morgan fingerprint density at radius 3 is 2.38 bits per heavy atom. The fourth-order valence-electron chi connectivity index (χ4n) is 1.88. The van der Waals surface area contributed by atoms with Gasteiger partial charge in [0.15, 0.2) is 0 Å². The molecule has 2 aromatic carbocycles. The highest BCUT2D eigenvalue weighted by molar-refractivity contribution is 6.36. The Morgan fingerprint density at radius 1 is 1.10 bits per heavy atom. The molecule has 3 nitrogen and oxygen atoms in total. The number of carbonyl (C=O) groups is 1. The van der Waals surface area contributed by atoms with Crippen LogP contribution in [0.3, 0.4) is 0 Å². The first-order valence-electron chi connectivity index (χ1n) is 6.62. The van der Waals surface area contributed by atoms with Crippen LogP contribution in [0.15, 0.2) is 36.4 Å². The second kappa shape index (κ2) is 6.83. The Bertz CT molecular complexity index is 654. The van der Waals surface area contributed by atoms with Crippen molar-refractivity contribution in [1.29, 1.82) is 0 Å². The highest BCUT2D eigenvalue weighted by atomic mass is 35.5. The largest absolute Gasteiger partial charge is 0.385 e. The van der Waals surface area contributed by atoms with Crippen molar-refractivity contribution < 1.29 is 4.79 Å². The van der Waals surface area contributed by atoms with Crippen molar-refractivity contribution in [2.45, 2.75) is 13.8 Å². The van der Waals surface area contributed by atoms with E-state index in [1.54, 1.807) is 24.3 Å². The number of halogens is 2. The molecule has 0 aliphatic carbocycles. The maximum absolute atomic E-state index is 12.2. The monoisotopic (exact) mass is 322 g/mol. The Morgan fingerprint density at radius 2 is 1.76 bits per heavy atom. The smallest absolute Gasteiger partial charge is 0.255 e. The summed E-state index contributed by atoms with van der Waals surface area (Å²) in [4.78, 5) is 12.2. The molecule has 0 spiro atoms. The SMILES string of the molecule is CCNc1ccc(C(=O)Nc2cc(Cl)c(C)cc2Cl)cc1. The standard InChI is InChI=1S/C16H16Cl2N2O/c1-3-19-12-6-4-11(5-7-12)16(21)20-15-9-13(17)10(2)8-14(15)18/h4-9,19H,3H2,1-2H3,(H,20,21). The van der Waals surface area contributed by atoms with Crippen molar-refractivity contribution in [2.75, 3.05) is 17.2 Å². The van der Waals surface area contributed by atoms with E-state index >= 15 is 0 Å². The van der Waals surface area contributed by atoms with Crippen molar-refractivity contribution in [3.8, 4) is 0 Å². The summed E-state index contributed by atoms with van der Waals surface area (Å²) in [6.45, 7) is 4.71. The van der Waals surface area contributed by atoms with Crippen LogP contribution in [0, 0.1) is 6.92 Å². The Balaban J connectivity index is 2.16. The molecule has 0 aliphatic heterocycles. The predicted molar refractivity (Wildman–Crippen MR) is 89.8 cm³/mol. The molecule has 0 radical (unpaired) electrons. The van der Waals surface area contributed by atoms with Crippen LogP contribution >= 0.6 is 23.2 Å². The van der Waals surface area contributed by atoms with Crippen LogP contribution in [0.2, 0.25) is 10.0 Å². The molecule has 0 aliphatic rings. The lowest BCUT2D eigenvalue weighted by molar-refractivity contribution is 0.102. The topological polar surface area (TPSA) is 41.1 Å². The fraction of sp³-hybridized carbons (Fsp3) is 0.188. The molecule has 0 atom stereocenters. The van der Waals surface area contributed by atoms with Crippen LogP contribution in [-0.2, 0) is 0 Å². The van der Waals surface area contributed by atoms with Crippen LogP contribution < -0.4 is 10.6 Å². The summed E-state index contributed by atoms with van der Waals surface area (Å²) in [6.07, 6.45) is 0. The summed E-state index contributed by atoms with van der Waals surface area (Å²) in [7, 11) is 0. The van der Waals surface area contributed by atoms with Crippen molar-refractivity contribution >= 4 is 40.5 Å². The van der Waals surface area contributed by atoms with Gasteiger partial charge in [-0.2, -0.15) is 0 Å². The lowest BCUT2D eigenvalue weighted by Gasteiger charge is -2.10. The van der Waals surface area contributed by atoms with Gasteiger partial charge in [0.05, 0.1) is 10.7 Å². The number of benzene rings is 2. The van der Waals surface area contributed by atoms with Crippen LogP contribution in [0.5, 0.6) is 0 Å². The van der Waals surface area contributed by atoms with Gasteiger partial charge in [-0.1, -0.05) is 23.2 Å². The third-order valence-electron chi connectivity index (χ3n) is 3.02. The second-order valence-corrected chi connectivity index (χ2v) is 5.46. The third-order valence-corrected chi connectivity index (χ3v) is 3.74. The zero-order chi connectivity index (χ0) is 15.4. The van der Waals surface area contributed by atoms with Gasteiger partial charge in [-0.15, -0.1) is 0 Å². The van der Waals surface area contributed by atoms with Gasteiger partial charge < -0.3 is 10.6 Å². The lowest BCUT2D eigenvalue weighted by atomic mass is 10.1. The van der Waals surface area contributed by atoms with Gasteiger partial charge >= 0.3 is 0 Å². The summed E-state index contributed by atoms with van der Waals surface area (Å²) in [5, 5.41) is 6.98. The number of aryl methyl sites for hydroxylation is 1. The van der Waals surface area contributed by atoms with E-state index in [0.29, 0.717) is 21.3 Å². The molecule has 5 heteroatoms. The number of carbonyl (C=O) groups excluding carboxylic acids is 1. The summed E-state index contributed by atoms with van der Waals surface area (Å²) in [5.74, 6) is -0.222. The molecule has 0 fully saturated rings. The van der Waals surface area contributed by atoms with Gasteiger partial charge in [-0.3, -0.25) is 4.79 Å². The number of nitrogens with one attached hydrogen (secondary N) is 2. The molecule has 2 aromatic rings. The van der Waals surface area contributed by atoms with Gasteiger partial charge in [-0.25, -0.2) is 0 Å². The number of hydrogen-bond donors (Lipinski definition) is 2. The van der Waals surface area contributed by atoms with Gasteiger partial charge in [0.2, 0.25) is 0 Å². The van der Waals surface area contributed by atoms with E-state index in [2.05, 4.69) is 10.6 Å². The van der Waals surface area contributed by atoms with E-state index in [1.165, 1.54) is 0 Å². The maximum Gasteiger partial charge on any atom is 0.255 e. The molecule has 1 amide bonds. The molecule has 0 aromatic heterocycles. The molecule has 21 heavy (non-hydrogen) atoms. The Hall–Kier alpha value is -1.71. The van der Waals surface area contributed by atoms with Crippen molar-refractivity contribution in [2.24, 2.45) is 0 Å². The van der Waals surface area contributed by atoms with E-state index in [-0.39, 0.29) is 5.91 Å². The molecule has 2 N–H and O–H groups in total. The second-order valence-electron chi connectivity index (χ2n) is 4.64. The van der Waals surface area contributed by atoms with E-state index in [4.69, 9.17) is 23.2 Å². The van der Waals surface area contributed by atoms with Crippen LogP contribution in [0.25, 0.3) is 0 Å². The predicted octanol–water partition coefficient (Wildman–Crippen LogP) is 4.99. The van der Waals surface area contributed by atoms with Crippen molar-refractivity contribution in [1.82, 2.24) is 0 Å².